The van der Waals surface area contributed by atoms with Gasteiger partial charge in [-0.1, -0.05) is 6.07 Å². The summed E-state index contributed by atoms with van der Waals surface area (Å²) in [5.41, 5.74) is 2.40. The molecule has 0 saturated carbocycles. The third-order valence-corrected chi connectivity index (χ3v) is 5.14. The summed E-state index contributed by atoms with van der Waals surface area (Å²) < 4.78 is 0. The molecule has 3 nitrogen and oxygen atoms in total. The molecule has 0 radical (unpaired) electrons. The van der Waals surface area contributed by atoms with Gasteiger partial charge in [0.1, 0.15) is 0 Å². The summed E-state index contributed by atoms with van der Waals surface area (Å²) in [4.78, 5) is 17.2. The minimum atomic E-state index is 0.0107. The molecule has 1 aliphatic carbocycles. The number of hydrogen-bond acceptors (Lipinski definition) is 3. The Balaban J connectivity index is 1.69. The maximum Gasteiger partial charge on any atom is 0.248 e. The Bertz CT molecular complexity index is 673. The predicted octanol–water partition coefficient (Wildman–Crippen LogP) is 3.34. The molecule has 0 amide bonds. The molecule has 0 aromatic carbocycles. The van der Waals surface area contributed by atoms with E-state index >= 15 is 0 Å². The topological polar surface area (TPSA) is 44.9 Å². The maximum absolute atomic E-state index is 11.4. The zero-order chi connectivity index (χ0) is 14.8. The monoisotopic (exact) mass is 302 g/mol. The Morgan fingerprint density at radius 3 is 3.00 bits per heavy atom. The normalized spacial score (nSPS) is 19.2. The summed E-state index contributed by atoms with van der Waals surface area (Å²) in [5, 5.41) is 3.74. The Hall–Kier alpha value is -1.39. The van der Waals surface area contributed by atoms with Crippen LogP contribution in [0.4, 0.5) is 0 Å². The van der Waals surface area contributed by atoms with Crippen molar-refractivity contribution in [3.63, 3.8) is 0 Å². The van der Waals surface area contributed by atoms with Crippen molar-refractivity contribution in [1.82, 2.24) is 10.3 Å². The van der Waals surface area contributed by atoms with Crippen LogP contribution in [0, 0.1) is 6.92 Å². The van der Waals surface area contributed by atoms with Gasteiger partial charge in [-0.15, -0.1) is 11.3 Å². The standard InChI is InChI=1S/C17H22N2OS/c1-11(10-13-7-6-12(2)21-13)18-15-4-3-5-16-14(15)8-9-17(20)19-16/h6-9,11,15,18H,3-5,10H2,1-2H3,(H,19,20). The zero-order valence-corrected chi connectivity index (χ0v) is 13.4. The summed E-state index contributed by atoms with van der Waals surface area (Å²) in [6, 6.07) is 8.85. The van der Waals surface area contributed by atoms with E-state index in [0.717, 1.165) is 31.4 Å². The molecule has 112 valence electrons. The Morgan fingerprint density at radius 2 is 2.24 bits per heavy atom. The minimum Gasteiger partial charge on any atom is -0.326 e. The molecule has 2 aromatic heterocycles. The number of H-pyrrole nitrogens is 1. The number of nitrogens with one attached hydrogen (secondary N) is 2. The number of aryl methyl sites for hydroxylation is 2. The first-order valence-electron chi connectivity index (χ1n) is 7.65. The number of aromatic nitrogens is 1. The lowest BCUT2D eigenvalue weighted by atomic mass is 9.90. The highest BCUT2D eigenvalue weighted by Crippen LogP contribution is 2.28. The molecule has 2 atom stereocenters. The van der Waals surface area contributed by atoms with E-state index in [1.165, 1.54) is 15.3 Å². The van der Waals surface area contributed by atoms with Crippen LogP contribution in [-0.4, -0.2) is 11.0 Å². The molecular formula is C17H22N2OS. The predicted molar refractivity (Wildman–Crippen MR) is 88.1 cm³/mol. The summed E-state index contributed by atoms with van der Waals surface area (Å²) >= 11 is 1.88. The number of thiophene rings is 1. The van der Waals surface area contributed by atoms with Gasteiger partial charge in [0.15, 0.2) is 0 Å². The van der Waals surface area contributed by atoms with E-state index in [-0.39, 0.29) is 5.56 Å². The Kier molecular flexibility index (Phi) is 4.27. The maximum atomic E-state index is 11.4. The van der Waals surface area contributed by atoms with Crippen LogP contribution in [0.1, 0.15) is 46.8 Å². The van der Waals surface area contributed by atoms with Gasteiger partial charge in [-0.05, 0) is 57.2 Å². The highest BCUT2D eigenvalue weighted by Gasteiger charge is 2.22. The molecule has 0 aliphatic heterocycles. The largest absolute Gasteiger partial charge is 0.326 e. The number of fused-ring (bicyclic) bond motifs is 1. The van der Waals surface area contributed by atoms with Crippen molar-refractivity contribution in [2.24, 2.45) is 0 Å². The lowest BCUT2D eigenvalue weighted by Gasteiger charge is -2.28. The van der Waals surface area contributed by atoms with Gasteiger partial charge in [-0.3, -0.25) is 4.79 Å². The van der Waals surface area contributed by atoms with Crippen molar-refractivity contribution in [3.8, 4) is 0 Å². The second-order valence-electron chi connectivity index (χ2n) is 5.99. The Morgan fingerprint density at radius 1 is 1.38 bits per heavy atom. The average molecular weight is 302 g/mol. The smallest absolute Gasteiger partial charge is 0.248 e. The summed E-state index contributed by atoms with van der Waals surface area (Å²) in [6.45, 7) is 4.40. The summed E-state index contributed by atoms with van der Waals surface area (Å²) in [7, 11) is 0. The van der Waals surface area contributed by atoms with Crippen molar-refractivity contribution in [2.45, 2.75) is 51.6 Å². The van der Waals surface area contributed by atoms with Crippen LogP contribution in [0.25, 0.3) is 0 Å². The molecule has 21 heavy (non-hydrogen) atoms. The van der Waals surface area contributed by atoms with Crippen LogP contribution >= 0.6 is 11.3 Å². The molecular weight excluding hydrogens is 280 g/mol. The fourth-order valence-electron chi connectivity index (χ4n) is 3.17. The third kappa shape index (κ3) is 3.44. The van der Waals surface area contributed by atoms with Crippen LogP contribution < -0.4 is 10.9 Å². The molecule has 2 unspecified atom stereocenters. The number of hydrogen-bond donors (Lipinski definition) is 2. The van der Waals surface area contributed by atoms with Crippen molar-refractivity contribution in [1.29, 1.82) is 0 Å². The fourth-order valence-corrected chi connectivity index (χ4v) is 4.19. The molecule has 1 aliphatic rings. The molecule has 0 bridgehead atoms. The molecule has 0 spiro atoms. The van der Waals surface area contributed by atoms with Gasteiger partial charge < -0.3 is 10.3 Å². The highest BCUT2D eigenvalue weighted by atomic mass is 32.1. The van der Waals surface area contributed by atoms with E-state index in [2.05, 4.69) is 36.3 Å². The third-order valence-electron chi connectivity index (χ3n) is 4.12. The molecule has 0 fully saturated rings. The lowest BCUT2D eigenvalue weighted by molar-refractivity contribution is 0.404. The molecule has 3 rings (SSSR count). The van der Waals surface area contributed by atoms with Gasteiger partial charge in [0.25, 0.3) is 0 Å². The number of aromatic amines is 1. The number of rotatable bonds is 4. The molecule has 2 heterocycles. The van der Waals surface area contributed by atoms with Crippen molar-refractivity contribution >= 4 is 11.3 Å². The van der Waals surface area contributed by atoms with E-state index in [0.29, 0.717) is 12.1 Å². The van der Waals surface area contributed by atoms with Crippen LogP contribution in [-0.2, 0) is 12.8 Å². The quantitative estimate of drug-likeness (QED) is 0.910. The Labute approximate surface area is 129 Å². The summed E-state index contributed by atoms with van der Waals surface area (Å²) in [5.74, 6) is 0. The SMILES string of the molecule is Cc1ccc(CC(C)NC2CCCc3[nH]c(=O)ccc32)s1. The van der Waals surface area contributed by atoms with E-state index in [9.17, 15) is 4.79 Å². The van der Waals surface area contributed by atoms with E-state index < -0.39 is 0 Å². The first kappa shape index (κ1) is 14.5. The zero-order valence-electron chi connectivity index (χ0n) is 12.6. The molecule has 2 N–H and O–H groups in total. The van der Waals surface area contributed by atoms with E-state index in [1.807, 2.05) is 17.4 Å². The fraction of sp³-hybridized carbons (Fsp3) is 0.471. The van der Waals surface area contributed by atoms with Crippen LogP contribution in [0.5, 0.6) is 0 Å². The second-order valence-corrected chi connectivity index (χ2v) is 7.36. The van der Waals surface area contributed by atoms with Gasteiger partial charge in [0.05, 0.1) is 0 Å². The second kappa shape index (κ2) is 6.16. The van der Waals surface area contributed by atoms with Crippen molar-refractivity contribution < 1.29 is 0 Å². The number of pyridine rings is 1. The van der Waals surface area contributed by atoms with Gasteiger partial charge in [0, 0.05) is 33.6 Å². The highest BCUT2D eigenvalue weighted by molar-refractivity contribution is 7.11. The summed E-state index contributed by atoms with van der Waals surface area (Å²) in [6.07, 6.45) is 4.33. The lowest BCUT2D eigenvalue weighted by Crippen LogP contribution is -2.34. The van der Waals surface area contributed by atoms with Crippen LogP contribution in [0.2, 0.25) is 0 Å². The molecule has 4 heteroatoms. The van der Waals surface area contributed by atoms with Crippen molar-refractivity contribution in [3.05, 3.63) is 55.6 Å². The van der Waals surface area contributed by atoms with E-state index in [1.54, 1.807) is 6.07 Å². The molecule has 2 aromatic rings. The van der Waals surface area contributed by atoms with Crippen LogP contribution in [0.3, 0.4) is 0 Å². The first-order chi connectivity index (χ1) is 10.1. The van der Waals surface area contributed by atoms with Gasteiger partial charge >= 0.3 is 0 Å². The minimum absolute atomic E-state index is 0.0107. The van der Waals surface area contributed by atoms with Crippen molar-refractivity contribution in [2.75, 3.05) is 0 Å². The van der Waals surface area contributed by atoms with Crippen LogP contribution in [0.15, 0.2) is 29.1 Å². The van der Waals surface area contributed by atoms with E-state index in [4.69, 9.17) is 0 Å². The van der Waals surface area contributed by atoms with Gasteiger partial charge in [-0.2, -0.15) is 0 Å². The van der Waals surface area contributed by atoms with Gasteiger partial charge in [-0.25, -0.2) is 0 Å². The first-order valence-corrected chi connectivity index (χ1v) is 8.47. The average Bonchev–Trinajstić information content (AvgIpc) is 2.83. The van der Waals surface area contributed by atoms with Gasteiger partial charge in [0.2, 0.25) is 5.56 Å². The molecule has 0 saturated heterocycles.